The standard InChI is InChI=1S/C13H21N/c1-10-6-8-11(9-7-10)12(14-5)13(2,3)4/h6-9,12,14H,1-5H3/t12-/m0/s1. The lowest BCUT2D eigenvalue weighted by atomic mass is 9.82. The fourth-order valence-corrected chi connectivity index (χ4v) is 1.86. The lowest BCUT2D eigenvalue weighted by Crippen LogP contribution is -2.29. The Morgan fingerprint density at radius 3 is 1.93 bits per heavy atom. The summed E-state index contributed by atoms with van der Waals surface area (Å²) in [7, 11) is 2.02. The summed E-state index contributed by atoms with van der Waals surface area (Å²) >= 11 is 0. The highest BCUT2D eigenvalue weighted by molar-refractivity contribution is 5.25. The van der Waals surface area contributed by atoms with Gasteiger partial charge in [0.25, 0.3) is 0 Å². The fraction of sp³-hybridized carbons (Fsp3) is 0.538. The van der Waals surface area contributed by atoms with Gasteiger partial charge >= 0.3 is 0 Å². The van der Waals surface area contributed by atoms with Crippen molar-refractivity contribution >= 4 is 0 Å². The summed E-state index contributed by atoms with van der Waals surface area (Å²) in [4.78, 5) is 0. The number of aryl methyl sites for hydroxylation is 1. The summed E-state index contributed by atoms with van der Waals surface area (Å²) in [6, 6.07) is 9.18. The maximum Gasteiger partial charge on any atom is 0.0366 e. The van der Waals surface area contributed by atoms with Crippen molar-refractivity contribution in [1.29, 1.82) is 0 Å². The molecule has 78 valence electrons. The average molecular weight is 191 g/mol. The summed E-state index contributed by atoms with van der Waals surface area (Å²) in [5, 5.41) is 3.38. The van der Waals surface area contributed by atoms with Gasteiger partial charge in [-0.1, -0.05) is 50.6 Å². The molecule has 14 heavy (non-hydrogen) atoms. The zero-order valence-corrected chi connectivity index (χ0v) is 9.89. The van der Waals surface area contributed by atoms with Crippen LogP contribution >= 0.6 is 0 Å². The van der Waals surface area contributed by atoms with Gasteiger partial charge in [0.1, 0.15) is 0 Å². The number of hydrogen-bond donors (Lipinski definition) is 1. The second-order valence-electron chi connectivity index (χ2n) is 5.00. The molecule has 1 atom stereocenters. The first-order valence-corrected chi connectivity index (χ1v) is 5.19. The molecular weight excluding hydrogens is 170 g/mol. The minimum atomic E-state index is 0.254. The second kappa shape index (κ2) is 4.14. The van der Waals surface area contributed by atoms with E-state index in [1.54, 1.807) is 0 Å². The van der Waals surface area contributed by atoms with Gasteiger partial charge in [-0.3, -0.25) is 0 Å². The normalized spacial score (nSPS) is 14.1. The highest BCUT2D eigenvalue weighted by atomic mass is 14.9. The SMILES string of the molecule is CN[C@@H](c1ccc(C)cc1)C(C)(C)C. The van der Waals surface area contributed by atoms with Crippen LogP contribution in [0.2, 0.25) is 0 Å². The van der Waals surface area contributed by atoms with Gasteiger partial charge < -0.3 is 5.32 Å². The van der Waals surface area contributed by atoms with Gasteiger partial charge in [-0.05, 0) is 24.9 Å². The molecule has 0 saturated carbocycles. The smallest absolute Gasteiger partial charge is 0.0366 e. The Kier molecular flexibility index (Phi) is 3.33. The molecule has 0 aliphatic carbocycles. The molecule has 1 aromatic carbocycles. The Hall–Kier alpha value is -0.820. The molecular formula is C13H21N. The van der Waals surface area contributed by atoms with E-state index in [1.807, 2.05) is 7.05 Å². The van der Waals surface area contributed by atoms with Gasteiger partial charge in [0, 0.05) is 6.04 Å². The molecule has 0 bridgehead atoms. The van der Waals surface area contributed by atoms with Crippen LogP contribution < -0.4 is 5.32 Å². The first kappa shape index (κ1) is 11.3. The minimum Gasteiger partial charge on any atom is -0.313 e. The second-order valence-corrected chi connectivity index (χ2v) is 5.00. The predicted molar refractivity (Wildman–Crippen MR) is 62.4 cm³/mol. The molecule has 1 rings (SSSR count). The monoisotopic (exact) mass is 191 g/mol. The van der Waals surface area contributed by atoms with Crippen LogP contribution in [0, 0.1) is 12.3 Å². The predicted octanol–water partition coefficient (Wildman–Crippen LogP) is 3.30. The topological polar surface area (TPSA) is 12.0 Å². The van der Waals surface area contributed by atoms with Gasteiger partial charge in [0.15, 0.2) is 0 Å². The number of rotatable bonds is 2. The number of hydrogen-bond acceptors (Lipinski definition) is 1. The number of benzene rings is 1. The summed E-state index contributed by atoms with van der Waals surface area (Å²) in [5.74, 6) is 0. The molecule has 1 heteroatoms. The van der Waals surface area contributed by atoms with Crippen molar-refractivity contribution in [2.45, 2.75) is 33.7 Å². The quantitative estimate of drug-likeness (QED) is 0.756. The molecule has 1 aromatic rings. The van der Waals surface area contributed by atoms with E-state index < -0.39 is 0 Å². The van der Waals surface area contributed by atoms with Gasteiger partial charge in [-0.25, -0.2) is 0 Å². The molecule has 0 saturated heterocycles. The molecule has 0 aliphatic heterocycles. The molecule has 0 amide bonds. The molecule has 1 nitrogen and oxygen atoms in total. The van der Waals surface area contributed by atoms with Crippen molar-refractivity contribution in [2.75, 3.05) is 7.05 Å². The third-order valence-electron chi connectivity index (χ3n) is 2.57. The number of nitrogens with one attached hydrogen (secondary N) is 1. The third kappa shape index (κ3) is 2.58. The van der Waals surface area contributed by atoms with Crippen LogP contribution in [0.1, 0.15) is 37.9 Å². The maximum absolute atomic E-state index is 3.38. The van der Waals surface area contributed by atoms with Crippen LogP contribution in [0.15, 0.2) is 24.3 Å². The Bertz CT molecular complexity index is 279. The summed E-state index contributed by atoms with van der Waals surface area (Å²) < 4.78 is 0. The maximum atomic E-state index is 3.38. The average Bonchev–Trinajstić information content (AvgIpc) is 2.07. The van der Waals surface area contributed by atoms with E-state index in [1.165, 1.54) is 11.1 Å². The zero-order valence-electron chi connectivity index (χ0n) is 9.89. The molecule has 0 radical (unpaired) electrons. The van der Waals surface area contributed by atoms with Crippen molar-refractivity contribution in [1.82, 2.24) is 5.32 Å². The summed E-state index contributed by atoms with van der Waals surface area (Å²) in [6.07, 6.45) is 0. The van der Waals surface area contributed by atoms with Crippen LogP contribution in [0.3, 0.4) is 0 Å². The minimum absolute atomic E-state index is 0.254. The first-order chi connectivity index (χ1) is 6.45. The van der Waals surface area contributed by atoms with Crippen LogP contribution in [0.25, 0.3) is 0 Å². The van der Waals surface area contributed by atoms with Crippen molar-refractivity contribution in [3.63, 3.8) is 0 Å². The molecule has 0 spiro atoms. The first-order valence-electron chi connectivity index (χ1n) is 5.19. The molecule has 0 unspecified atom stereocenters. The van der Waals surface area contributed by atoms with Crippen molar-refractivity contribution in [3.05, 3.63) is 35.4 Å². The molecule has 0 fully saturated rings. The van der Waals surface area contributed by atoms with Crippen LogP contribution in [-0.2, 0) is 0 Å². The lowest BCUT2D eigenvalue weighted by Gasteiger charge is -2.30. The van der Waals surface area contributed by atoms with Gasteiger partial charge in [0.05, 0.1) is 0 Å². The van der Waals surface area contributed by atoms with E-state index in [-0.39, 0.29) is 5.41 Å². The zero-order chi connectivity index (χ0) is 10.8. The van der Waals surface area contributed by atoms with E-state index in [9.17, 15) is 0 Å². The Morgan fingerprint density at radius 2 is 1.57 bits per heavy atom. The van der Waals surface area contributed by atoms with E-state index >= 15 is 0 Å². The highest BCUT2D eigenvalue weighted by Crippen LogP contribution is 2.32. The van der Waals surface area contributed by atoms with Gasteiger partial charge in [-0.2, -0.15) is 0 Å². The van der Waals surface area contributed by atoms with E-state index in [4.69, 9.17) is 0 Å². The third-order valence-corrected chi connectivity index (χ3v) is 2.57. The van der Waals surface area contributed by atoms with Crippen LogP contribution in [0.4, 0.5) is 0 Å². The molecule has 0 aliphatic rings. The molecule has 0 heterocycles. The van der Waals surface area contributed by atoms with Crippen LogP contribution in [0.5, 0.6) is 0 Å². The lowest BCUT2D eigenvalue weighted by molar-refractivity contribution is 0.287. The van der Waals surface area contributed by atoms with Crippen molar-refractivity contribution in [3.8, 4) is 0 Å². The summed E-state index contributed by atoms with van der Waals surface area (Å²) in [5.41, 5.74) is 2.94. The van der Waals surface area contributed by atoms with Gasteiger partial charge in [-0.15, -0.1) is 0 Å². The van der Waals surface area contributed by atoms with E-state index in [0.29, 0.717) is 6.04 Å². The van der Waals surface area contributed by atoms with Gasteiger partial charge in [0.2, 0.25) is 0 Å². The van der Waals surface area contributed by atoms with Crippen molar-refractivity contribution in [2.24, 2.45) is 5.41 Å². The van der Waals surface area contributed by atoms with Crippen LogP contribution in [-0.4, -0.2) is 7.05 Å². The summed E-state index contributed by atoms with van der Waals surface area (Å²) in [6.45, 7) is 8.89. The van der Waals surface area contributed by atoms with E-state index in [0.717, 1.165) is 0 Å². The van der Waals surface area contributed by atoms with Crippen molar-refractivity contribution < 1.29 is 0 Å². The largest absolute Gasteiger partial charge is 0.313 e. The molecule has 1 N–H and O–H groups in total. The molecule has 0 aromatic heterocycles. The fourth-order valence-electron chi connectivity index (χ4n) is 1.86. The Morgan fingerprint density at radius 1 is 1.07 bits per heavy atom. The Labute approximate surface area is 87.5 Å². The van der Waals surface area contributed by atoms with E-state index in [2.05, 4.69) is 57.3 Å². The Balaban J connectivity index is 2.96. The highest BCUT2D eigenvalue weighted by Gasteiger charge is 2.24.